The molecule has 0 fully saturated rings. The normalized spacial score (nSPS) is 13.1. The summed E-state index contributed by atoms with van der Waals surface area (Å²) in [4.78, 5) is 11.9. The van der Waals surface area contributed by atoms with Crippen molar-refractivity contribution >= 4 is 5.97 Å². The molecule has 0 aromatic rings. The number of ether oxygens (including phenoxy) is 2. The molecule has 38 heavy (non-hydrogen) atoms. The first kappa shape index (κ1) is 37.4. The van der Waals surface area contributed by atoms with Gasteiger partial charge in [-0.05, 0) is 32.1 Å². The van der Waals surface area contributed by atoms with Gasteiger partial charge in [0.05, 0.1) is 18.8 Å². The summed E-state index contributed by atoms with van der Waals surface area (Å²) in [5, 5.41) is 10.9. The Bertz CT molecular complexity index is 467. The number of carbonyl (C=O) groups is 1. The lowest BCUT2D eigenvalue weighted by Crippen LogP contribution is -2.29. The number of hydrogen-bond donors (Lipinski definition) is 1. The van der Waals surface area contributed by atoms with Crippen LogP contribution >= 0.6 is 0 Å². The maximum absolute atomic E-state index is 11.9. The second-order valence-corrected chi connectivity index (χ2v) is 11.6. The number of unbranched alkanes of at least 4 members (excludes halogenated alkanes) is 19. The smallest absolute Gasteiger partial charge is 0.305 e. The summed E-state index contributed by atoms with van der Waals surface area (Å²) < 4.78 is 11.6. The van der Waals surface area contributed by atoms with Gasteiger partial charge in [-0.25, -0.2) is 0 Å². The van der Waals surface area contributed by atoms with Gasteiger partial charge in [0.1, 0.15) is 0 Å². The van der Waals surface area contributed by atoms with Crippen LogP contribution in [0.3, 0.4) is 0 Å². The highest BCUT2D eigenvalue weighted by Crippen LogP contribution is 2.19. The summed E-state index contributed by atoms with van der Waals surface area (Å²) in [5.41, 5.74) is 0. The van der Waals surface area contributed by atoms with E-state index in [0.717, 1.165) is 70.8 Å². The highest BCUT2D eigenvalue weighted by molar-refractivity contribution is 5.69. The van der Waals surface area contributed by atoms with Crippen LogP contribution in [0.25, 0.3) is 0 Å². The number of hydrogen-bond acceptors (Lipinski definition) is 4. The Balaban J connectivity index is 3.99. The van der Waals surface area contributed by atoms with Crippen LogP contribution in [0.15, 0.2) is 0 Å². The van der Waals surface area contributed by atoms with Crippen LogP contribution in [0.1, 0.15) is 188 Å². The molecule has 0 saturated carbocycles. The molecule has 0 amide bonds. The van der Waals surface area contributed by atoms with Crippen molar-refractivity contribution in [1.29, 1.82) is 0 Å². The average molecular weight is 541 g/mol. The Hall–Kier alpha value is -0.610. The molecule has 0 aliphatic rings. The minimum atomic E-state index is -0.331. The summed E-state index contributed by atoms with van der Waals surface area (Å²) in [6.07, 6.45) is 29.9. The lowest BCUT2D eigenvalue weighted by molar-refractivity contribution is -0.143. The van der Waals surface area contributed by atoms with Gasteiger partial charge in [0.15, 0.2) is 0 Å². The summed E-state index contributed by atoms with van der Waals surface area (Å²) in [5.74, 6) is -0.0282. The molecule has 0 aromatic heterocycles. The van der Waals surface area contributed by atoms with Crippen LogP contribution < -0.4 is 0 Å². The van der Waals surface area contributed by atoms with Crippen LogP contribution in [0.4, 0.5) is 0 Å². The van der Waals surface area contributed by atoms with E-state index in [9.17, 15) is 9.90 Å². The Labute approximate surface area is 238 Å². The maximum atomic E-state index is 11.9. The van der Waals surface area contributed by atoms with E-state index in [4.69, 9.17) is 9.47 Å². The van der Waals surface area contributed by atoms with Crippen molar-refractivity contribution in [2.45, 2.75) is 200 Å². The predicted octanol–water partition coefficient (Wildman–Crippen LogP) is 10.5. The van der Waals surface area contributed by atoms with E-state index in [2.05, 4.69) is 20.8 Å². The average Bonchev–Trinajstić information content (AvgIpc) is 2.92. The Morgan fingerprint density at radius 1 is 0.526 bits per heavy atom. The van der Waals surface area contributed by atoms with Gasteiger partial charge >= 0.3 is 5.97 Å². The second kappa shape index (κ2) is 30.9. The Morgan fingerprint density at radius 2 is 0.947 bits per heavy atom. The molecule has 2 atom stereocenters. The zero-order valence-electron chi connectivity index (χ0n) is 26.1. The van der Waals surface area contributed by atoms with E-state index in [0.29, 0.717) is 13.0 Å². The molecule has 0 aliphatic heterocycles. The number of aliphatic hydroxyl groups excluding tert-OH is 1. The van der Waals surface area contributed by atoms with E-state index in [-0.39, 0.29) is 18.2 Å². The quantitative estimate of drug-likeness (QED) is 0.0701. The topological polar surface area (TPSA) is 55.8 Å². The highest BCUT2D eigenvalue weighted by Gasteiger charge is 2.19. The maximum Gasteiger partial charge on any atom is 0.305 e. The molecule has 0 rings (SSSR count). The van der Waals surface area contributed by atoms with Gasteiger partial charge in [-0.3, -0.25) is 4.79 Å². The molecule has 0 spiro atoms. The van der Waals surface area contributed by atoms with Crippen LogP contribution in [-0.4, -0.2) is 36.5 Å². The minimum Gasteiger partial charge on any atom is -0.466 e. The predicted molar refractivity (Wildman–Crippen MR) is 164 cm³/mol. The highest BCUT2D eigenvalue weighted by atomic mass is 16.5. The monoisotopic (exact) mass is 541 g/mol. The van der Waals surface area contributed by atoms with E-state index in [1.165, 1.54) is 96.3 Å². The molecular formula is C34H68O4. The van der Waals surface area contributed by atoms with E-state index >= 15 is 0 Å². The van der Waals surface area contributed by atoms with Gasteiger partial charge in [0.25, 0.3) is 0 Å². The van der Waals surface area contributed by atoms with Gasteiger partial charge in [0, 0.05) is 13.0 Å². The number of carbonyl (C=O) groups excluding carboxylic acids is 1. The minimum absolute atomic E-state index is 0.0155. The zero-order chi connectivity index (χ0) is 27.9. The van der Waals surface area contributed by atoms with Crippen molar-refractivity contribution in [3.05, 3.63) is 0 Å². The Morgan fingerprint density at radius 3 is 1.50 bits per heavy atom. The van der Waals surface area contributed by atoms with Gasteiger partial charge in [-0.1, -0.05) is 149 Å². The van der Waals surface area contributed by atoms with Crippen molar-refractivity contribution in [3.63, 3.8) is 0 Å². The number of esters is 1. The van der Waals surface area contributed by atoms with Gasteiger partial charge < -0.3 is 14.6 Å². The first-order valence-corrected chi connectivity index (χ1v) is 17.1. The number of rotatable bonds is 31. The fourth-order valence-electron chi connectivity index (χ4n) is 5.11. The Kier molecular flexibility index (Phi) is 30.4. The van der Waals surface area contributed by atoms with Crippen molar-refractivity contribution in [2.75, 3.05) is 13.2 Å². The van der Waals surface area contributed by atoms with Gasteiger partial charge in [-0.15, -0.1) is 0 Å². The zero-order valence-corrected chi connectivity index (χ0v) is 26.1. The van der Waals surface area contributed by atoms with Crippen LogP contribution in [-0.2, 0) is 14.3 Å². The standard InChI is InChI=1S/C34H68O4/c1-4-7-10-13-17-22-27-32(35)33(37-30-25-20-14-11-8-5-2)28-23-18-16-19-24-29-34(36)38-31-26-21-15-12-9-6-3/h32-33,35H,4-31H2,1-3H3. The van der Waals surface area contributed by atoms with Gasteiger partial charge in [-0.2, -0.15) is 0 Å². The van der Waals surface area contributed by atoms with Crippen LogP contribution in [0.2, 0.25) is 0 Å². The van der Waals surface area contributed by atoms with E-state index in [1.807, 2.05) is 0 Å². The van der Waals surface area contributed by atoms with Crippen LogP contribution in [0, 0.1) is 0 Å². The molecular weight excluding hydrogens is 472 g/mol. The second-order valence-electron chi connectivity index (χ2n) is 11.6. The molecule has 0 heterocycles. The van der Waals surface area contributed by atoms with Crippen molar-refractivity contribution in [1.82, 2.24) is 0 Å². The number of aliphatic hydroxyl groups is 1. The fourth-order valence-corrected chi connectivity index (χ4v) is 5.11. The van der Waals surface area contributed by atoms with Crippen molar-refractivity contribution in [3.8, 4) is 0 Å². The lowest BCUT2D eigenvalue weighted by Gasteiger charge is -2.24. The lowest BCUT2D eigenvalue weighted by atomic mass is 9.99. The van der Waals surface area contributed by atoms with Crippen LogP contribution in [0.5, 0.6) is 0 Å². The molecule has 0 aromatic carbocycles. The first-order valence-electron chi connectivity index (χ1n) is 17.1. The van der Waals surface area contributed by atoms with Crippen molar-refractivity contribution in [2.24, 2.45) is 0 Å². The molecule has 0 bridgehead atoms. The molecule has 0 saturated heterocycles. The fraction of sp³-hybridized carbons (Fsp3) is 0.971. The molecule has 0 aliphatic carbocycles. The summed E-state index contributed by atoms with van der Waals surface area (Å²) in [7, 11) is 0. The summed E-state index contributed by atoms with van der Waals surface area (Å²) in [6, 6.07) is 0. The third kappa shape index (κ3) is 27.0. The SMILES string of the molecule is CCCCCCCCOC(=O)CCCCCCCC(OCCCCCCCC)C(O)CCCCCCCC. The molecule has 4 nitrogen and oxygen atoms in total. The largest absolute Gasteiger partial charge is 0.466 e. The van der Waals surface area contributed by atoms with E-state index < -0.39 is 0 Å². The van der Waals surface area contributed by atoms with E-state index in [1.54, 1.807) is 0 Å². The molecule has 2 unspecified atom stereocenters. The molecule has 1 N–H and O–H groups in total. The van der Waals surface area contributed by atoms with Crippen molar-refractivity contribution < 1.29 is 19.4 Å². The molecule has 228 valence electrons. The van der Waals surface area contributed by atoms with Gasteiger partial charge in [0.2, 0.25) is 0 Å². The molecule has 0 radical (unpaired) electrons. The first-order chi connectivity index (χ1) is 18.7. The summed E-state index contributed by atoms with van der Waals surface area (Å²) in [6.45, 7) is 8.11. The summed E-state index contributed by atoms with van der Waals surface area (Å²) >= 11 is 0. The third-order valence-corrected chi connectivity index (χ3v) is 7.74. The third-order valence-electron chi connectivity index (χ3n) is 7.74. The molecule has 4 heteroatoms.